The number of fused-ring (bicyclic) bond motifs is 1. The van der Waals surface area contributed by atoms with Gasteiger partial charge in [-0.3, -0.25) is 10.3 Å². The highest BCUT2D eigenvalue weighted by atomic mass is 16.6. The molecule has 1 N–H and O–H groups in total. The van der Waals surface area contributed by atoms with Crippen molar-refractivity contribution in [3.05, 3.63) is 65.0 Å². The van der Waals surface area contributed by atoms with Crippen molar-refractivity contribution in [3.63, 3.8) is 0 Å². The van der Waals surface area contributed by atoms with Crippen molar-refractivity contribution in [3.8, 4) is 0 Å². The van der Waals surface area contributed by atoms with Gasteiger partial charge in [0, 0.05) is 24.9 Å². The van der Waals surface area contributed by atoms with Crippen LogP contribution in [0.1, 0.15) is 27.2 Å². The van der Waals surface area contributed by atoms with Crippen LogP contribution in [0.25, 0.3) is 0 Å². The van der Waals surface area contributed by atoms with Gasteiger partial charge in [-0.1, -0.05) is 30.3 Å². The maximum absolute atomic E-state index is 11.9. The fraction of sp³-hybridized carbons (Fsp3) is 0.250. The molecule has 2 heterocycles. The van der Waals surface area contributed by atoms with Crippen LogP contribution in [0.5, 0.6) is 0 Å². The van der Waals surface area contributed by atoms with Gasteiger partial charge in [0.25, 0.3) is 0 Å². The number of esters is 1. The number of rotatable bonds is 3. The molecule has 1 unspecified atom stereocenters. The summed E-state index contributed by atoms with van der Waals surface area (Å²) in [7, 11) is 0. The Morgan fingerprint density at radius 1 is 1.35 bits per heavy atom. The number of aromatic nitrogens is 1. The van der Waals surface area contributed by atoms with Crippen molar-refractivity contribution in [1.82, 2.24) is 10.3 Å². The van der Waals surface area contributed by atoms with Crippen molar-refractivity contribution < 1.29 is 9.53 Å². The summed E-state index contributed by atoms with van der Waals surface area (Å²) in [5.74, 6) is -0.302. The van der Waals surface area contributed by atoms with E-state index in [1.807, 2.05) is 43.3 Å². The van der Waals surface area contributed by atoms with Crippen LogP contribution in [-0.2, 0) is 17.7 Å². The van der Waals surface area contributed by atoms with E-state index in [0.29, 0.717) is 18.5 Å². The van der Waals surface area contributed by atoms with Gasteiger partial charge in [-0.05, 0) is 24.1 Å². The van der Waals surface area contributed by atoms with E-state index in [1.54, 1.807) is 6.20 Å². The second-order valence-electron chi connectivity index (χ2n) is 4.95. The van der Waals surface area contributed by atoms with Gasteiger partial charge in [-0.25, -0.2) is 4.79 Å². The Morgan fingerprint density at radius 3 is 2.95 bits per heavy atom. The zero-order valence-corrected chi connectivity index (χ0v) is 11.3. The molecule has 1 aromatic carbocycles. The van der Waals surface area contributed by atoms with E-state index >= 15 is 0 Å². The number of nitrogens with zero attached hydrogens (tertiary/aromatic N) is 1. The molecule has 3 rings (SSSR count). The van der Waals surface area contributed by atoms with Crippen LogP contribution in [-0.4, -0.2) is 17.2 Å². The number of pyridine rings is 1. The van der Waals surface area contributed by atoms with Gasteiger partial charge in [0.15, 0.2) is 6.23 Å². The van der Waals surface area contributed by atoms with Gasteiger partial charge in [0.2, 0.25) is 0 Å². The minimum absolute atomic E-state index is 0.281. The lowest BCUT2D eigenvalue weighted by Gasteiger charge is -2.25. The second-order valence-corrected chi connectivity index (χ2v) is 4.95. The topological polar surface area (TPSA) is 51.2 Å². The molecule has 1 aliphatic rings. The molecule has 1 aromatic heterocycles. The maximum atomic E-state index is 11.9. The first-order valence-electron chi connectivity index (χ1n) is 6.66. The SMILES string of the molecule is Cc1cc2c(cn1)C(=O)OC(NCc1ccccc1)C2. The lowest BCUT2D eigenvalue weighted by molar-refractivity contribution is 0.0162. The summed E-state index contributed by atoms with van der Waals surface area (Å²) >= 11 is 0. The third-order valence-corrected chi connectivity index (χ3v) is 3.38. The maximum Gasteiger partial charge on any atom is 0.341 e. The van der Waals surface area contributed by atoms with E-state index in [4.69, 9.17) is 4.74 Å². The minimum atomic E-state index is -0.302. The number of benzene rings is 1. The number of ether oxygens (including phenoxy) is 1. The van der Waals surface area contributed by atoms with E-state index in [-0.39, 0.29) is 12.2 Å². The Bertz CT molecular complexity index is 626. The van der Waals surface area contributed by atoms with E-state index in [2.05, 4.69) is 10.3 Å². The standard InChI is InChI=1S/C16H16N2O2/c1-11-7-13-8-15(20-16(19)14(13)10-17-11)18-9-12-5-3-2-4-6-12/h2-7,10,15,18H,8-9H2,1H3. The second kappa shape index (κ2) is 5.43. The van der Waals surface area contributed by atoms with E-state index in [9.17, 15) is 4.79 Å². The molecule has 0 saturated heterocycles. The van der Waals surface area contributed by atoms with Crippen LogP contribution in [0.3, 0.4) is 0 Å². The molecular formula is C16H16N2O2. The van der Waals surface area contributed by atoms with E-state index in [1.165, 1.54) is 5.56 Å². The van der Waals surface area contributed by atoms with Crippen molar-refractivity contribution in [2.24, 2.45) is 0 Å². The van der Waals surface area contributed by atoms with E-state index in [0.717, 1.165) is 11.3 Å². The molecular weight excluding hydrogens is 252 g/mol. The Kier molecular flexibility index (Phi) is 3.48. The molecule has 20 heavy (non-hydrogen) atoms. The number of nitrogens with one attached hydrogen (secondary N) is 1. The molecule has 4 heteroatoms. The van der Waals surface area contributed by atoms with Crippen molar-refractivity contribution >= 4 is 5.97 Å². The molecule has 0 amide bonds. The van der Waals surface area contributed by atoms with Gasteiger partial charge in [-0.2, -0.15) is 0 Å². The Balaban J connectivity index is 1.70. The fourth-order valence-electron chi connectivity index (χ4n) is 2.34. The largest absolute Gasteiger partial charge is 0.443 e. The molecule has 102 valence electrons. The normalized spacial score (nSPS) is 17.4. The number of hydrogen-bond acceptors (Lipinski definition) is 4. The summed E-state index contributed by atoms with van der Waals surface area (Å²) in [4.78, 5) is 16.1. The molecule has 0 saturated carbocycles. The molecule has 1 aliphatic heterocycles. The van der Waals surface area contributed by atoms with Crippen LogP contribution >= 0.6 is 0 Å². The van der Waals surface area contributed by atoms with Crippen LogP contribution in [0.4, 0.5) is 0 Å². The van der Waals surface area contributed by atoms with Crippen LogP contribution in [0.15, 0.2) is 42.6 Å². The molecule has 1 atom stereocenters. The Hall–Kier alpha value is -2.20. The van der Waals surface area contributed by atoms with Crippen molar-refractivity contribution in [2.45, 2.75) is 26.1 Å². The Morgan fingerprint density at radius 2 is 2.15 bits per heavy atom. The van der Waals surface area contributed by atoms with Gasteiger partial charge >= 0.3 is 5.97 Å². The summed E-state index contributed by atoms with van der Waals surface area (Å²) in [6.45, 7) is 2.60. The summed E-state index contributed by atoms with van der Waals surface area (Å²) in [5.41, 5.74) is 3.66. The predicted molar refractivity (Wildman–Crippen MR) is 75.2 cm³/mol. The number of cyclic esters (lactones) is 1. The first-order valence-corrected chi connectivity index (χ1v) is 6.66. The van der Waals surface area contributed by atoms with Gasteiger partial charge in [0.05, 0.1) is 5.56 Å². The quantitative estimate of drug-likeness (QED) is 0.867. The molecule has 0 bridgehead atoms. The van der Waals surface area contributed by atoms with Crippen molar-refractivity contribution in [2.75, 3.05) is 0 Å². The number of aryl methyl sites for hydroxylation is 1. The highest BCUT2D eigenvalue weighted by Crippen LogP contribution is 2.19. The molecule has 0 fully saturated rings. The van der Waals surface area contributed by atoms with Gasteiger partial charge in [0.1, 0.15) is 0 Å². The van der Waals surface area contributed by atoms with Crippen LogP contribution in [0.2, 0.25) is 0 Å². The zero-order valence-electron chi connectivity index (χ0n) is 11.3. The summed E-state index contributed by atoms with van der Waals surface area (Å²) < 4.78 is 5.38. The lowest BCUT2D eigenvalue weighted by atomic mass is 10.0. The first kappa shape index (κ1) is 12.8. The highest BCUT2D eigenvalue weighted by Gasteiger charge is 2.26. The average Bonchev–Trinajstić information content (AvgIpc) is 2.46. The predicted octanol–water partition coefficient (Wildman–Crippen LogP) is 2.22. The highest BCUT2D eigenvalue weighted by molar-refractivity contribution is 5.91. The molecule has 2 aromatic rings. The monoisotopic (exact) mass is 268 g/mol. The summed E-state index contributed by atoms with van der Waals surface area (Å²) in [6, 6.07) is 12.0. The fourth-order valence-corrected chi connectivity index (χ4v) is 2.34. The smallest absolute Gasteiger partial charge is 0.341 e. The number of hydrogen-bond donors (Lipinski definition) is 1. The first-order chi connectivity index (χ1) is 9.72. The average molecular weight is 268 g/mol. The number of carbonyl (C=O) groups excluding carboxylic acids is 1. The zero-order chi connectivity index (χ0) is 13.9. The third kappa shape index (κ3) is 2.70. The van der Waals surface area contributed by atoms with E-state index < -0.39 is 0 Å². The summed E-state index contributed by atoms with van der Waals surface area (Å²) in [6.07, 6.45) is 1.99. The molecule has 0 aliphatic carbocycles. The van der Waals surface area contributed by atoms with Crippen LogP contribution < -0.4 is 5.32 Å². The molecule has 4 nitrogen and oxygen atoms in total. The lowest BCUT2D eigenvalue weighted by Crippen LogP contribution is -2.39. The van der Waals surface area contributed by atoms with Gasteiger partial charge < -0.3 is 4.74 Å². The summed E-state index contributed by atoms with van der Waals surface area (Å²) in [5, 5.41) is 3.27. The molecule has 0 spiro atoms. The Labute approximate surface area is 117 Å². The molecule has 0 radical (unpaired) electrons. The third-order valence-electron chi connectivity index (χ3n) is 3.38. The van der Waals surface area contributed by atoms with Gasteiger partial charge in [-0.15, -0.1) is 0 Å². The number of carbonyl (C=O) groups is 1. The minimum Gasteiger partial charge on any atom is -0.443 e. The van der Waals surface area contributed by atoms with Crippen LogP contribution in [0, 0.1) is 6.92 Å². The van der Waals surface area contributed by atoms with Crippen molar-refractivity contribution in [1.29, 1.82) is 0 Å².